The number of nitro benzene ring substituents is 1. The van der Waals surface area contributed by atoms with Crippen molar-refractivity contribution in [1.82, 2.24) is 5.32 Å². The van der Waals surface area contributed by atoms with Crippen LogP contribution >= 0.6 is 0 Å². The van der Waals surface area contributed by atoms with Crippen LogP contribution in [0.15, 0.2) is 29.8 Å². The Morgan fingerprint density at radius 3 is 2.95 bits per heavy atom. The summed E-state index contributed by atoms with van der Waals surface area (Å²) in [5.41, 5.74) is 2.04. The predicted molar refractivity (Wildman–Crippen MR) is 73.7 cm³/mol. The average Bonchev–Trinajstić information content (AvgIpc) is 2.45. The van der Waals surface area contributed by atoms with Gasteiger partial charge in [-0.05, 0) is 13.0 Å². The Balaban J connectivity index is 2.08. The summed E-state index contributed by atoms with van der Waals surface area (Å²) < 4.78 is 5.07. The number of methoxy groups -OCH3 is 1. The predicted octanol–water partition coefficient (Wildman–Crippen LogP) is 1.93. The van der Waals surface area contributed by atoms with Gasteiger partial charge in [0, 0.05) is 30.9 Å². The minimum atomic E-state index is -0.419. The fraction of sp³-hybridized carbons (Fsp3) is 0.385. The van der Waals surface area contributed by atoms with Crippen molar-refractivity contribution >= 4 is 11.4 Å². The fourth-order valence-electron chi connectivity index (χ4n) is 1.95. The van der Waals surface area contributed by atoms with Gasteiger partial charge in [-0.1, -0.05) is 11.6 Å². The summed E-state index contributed by atoms with van der Waals surface area (Å²) in [5, 5.41) is 17.3. The molecule has 19 heavy (non-hydrogen) atoms. The lowest BCUT2D eigenvalue weighted by atomic mass is 10.1. The molecule has 0 unspecified atom stereocenters. The van der Waals surface area contributed by atoms with E-state index in [9.17, 15) is 10.1 Å². The summed E-state index contributed by atoms with van der Waals surface area (Å²) in [6.45, 7) is 2.56. The van der Waals surface area contributed by atoms with E-state index >= 15 is 0 Å². The van der Waals surface area contributed by atoms with Crippen molar-refractivity contribution in [3.05, 3.63) is 40.0 Å². The van der Waals surface area contributed by atoms with Gasteiger partial charge in [-0.25, -0.2) is 0 Å². The molecule has 1 aromatic rings. The number of hydrogen-bond donors (Lipinski definition) is 2. The maximum atomic E-state index is 10.8. The van der Waals surface area contributed by atoms with Crippen molar-refractivity contribution < 1.29 is 9.66 Å². The Labute approximate surface area is 111 Å². The molecular weight excluding hydrogens is 246 g/mol. The maximum absolute atomic E-state index is 10.8. The van der Waals surface area contributed by atoms with Gasteiger partial charge in [0.05, 0.1) is 18.1 Å². The number of nitro groups is 1. The standard InChI is InChI=1S/C13H17N3O3/c1-19-13-7-11(6-12(8-13)16(17)18)15-9-10-2-4-14-5-3-10/h2,6-8,14-15H,3-5,9H2,1H3. The van der Waals surface area contributed by atoms with E-state index < -0.39 is 4.92 Å². The van der Waals surface area contributed by atoms with Crippen LogP contribution in [-0.4, -0.2) is 31.7 Å². The third-order valence-electron chi connectivity index (χ3n) is 3.02. The summed E-state index contributed by atoms with van der Waals surface area (Å²) in [7, 11) is 1.50. The molecule has 0 spiro atoms. The van der Waals surface area contributed by atoms with E-state index in [1.54, 1.807) is 6.07 Å². The highest BCUT2D eigenvalue weighted by Gasteiger charge is 2.10. The van der Waals surface area contributed by atoms with Crippen molar-refractivity contribution in [1.29, 1.82) is 0 Å². The number of ether oxygens (including phenoxy) is 1. The number of hydrogen-bond acceptors (Lipinski definition) is 5. The van der Waals surface area contributed by atoms with Crippen molar-refractivity contribution in [2.45, 2.75) is 6.42 Å². The SMILES string of the molecule is COc1cc(NCC2=CCNCC2)cc([N+](=O)[O-])c1. The largest absolute Gasteiger partial charge is 0.496 e. The molecule has 1 aromatic carbocycles. The van der Waals surface area contributed by atoms with Crippen LogP contribution in [0.25, 0.3) is 0 Å². The zero-order valence-electron chi connectivity index (χ0n) is 10.8. The van der Waals surface area contributed by atoms with E-state index in [0.717, 1.165) is 19.5 Å². The molecule has 0 radical (unpaired) electrons. The molecule has 2 N–H and O–H groups in total. The number of nitrogens with one attached hydrogen (secondary N) is 2. The molecule has 0 bridgehead atoms. The minimum Gasteiger partial charge on any atom is -0.496 e. The highest BCUT2D eigenvalue weighted by molar-refractivity contribution is 5.56. The van der Waals surface area contributed by atoms with Crippen LogP contribution in [0, 0.1) is 10.1 Å². The second kappa shape index (κ2) is 6.19. The van der Waals surface area contributed by atoms with Gasteiger partial charge < -0.3 is 15.4 Å². The van der Waals surface area contributed by atoms with Gasteiger partial charge in [0.1, 0.15) is 5.75 Å². The Hall–Kier alpha value is -2.08. The van der Waals surface area contributed by atoms with Crippen LogP contribution in [0.5, 0.6) is 5.75 Å². The van der Waals surface area contributed by atoms with E-state index in [1.165, 1.54) is 24.8 Å². The van der Waals surface area contributed by atoms with Gasteiger partial charge in [-0.2, -0.15) is 0 Å². The van der Waals surface area contributed by atoms with E-state index in [2.05, 4.69) is 16.7 Å². The van der Waals surface area contributed by atoms with Gasteiger partial charge >= 0.3 is 0 Å². The van der Waals surface area contributed by atoms with Crippen LogP contribution < -0.4 is 15.4 Å². The van der Waals surface area contributed by atoms with Gasteiger partial charge in [-0.3, -0.25) is 10.1 Å². The van der Waals surface area contributed by atoms with E-state index in [0.29, 0.717) is 18.0 Å². The lowest BCUT2D eigenvalue weighted by Crippen LogP contribution is -2.23. The summed E-state index contributed by atoms with van der Waals surface area (Å²) in [6, 6.07) is 4.69. The molecule has 102 valence electrons. The molecule has 0 amide bonds. The van der Waals surface area contributed by atoms with Crippen LogP contribution in [0.4, 0.5) is 11.4 Å². The van der Waals surface area contributed by atoms with Gasteiger partial charge in [0.2, 0.25) is 0 Å². The molecule has 0 saturated heterocycles. The van der Waals surface area contributed by atoms with E-state index in [1.807, 2.05) is 0 Å². The second-order valence-electron chi connectivity index (χ2n) is 4.35. The van der Waals surface area contributed by atoms with E-state index in [4.69, 9.17) is 4.74 Å². The van der Waals surface area contributed by atoms with Crippen LogP contribution in [0.2, 0.25) is 0 Å². The van der Waals surface area contributed by atoms with Crippen molar-refractivity contribution in [3.8, 4) is 5.75 Å². The number of anilines is 1. The van der Waals surface area contributed by atoms with Crippen LogP contribution in [0.1, 0.15) is 6.42 Å². The summed E-state index contributed by atoms with van der Waals surface area (Å²) >= 11 is 0. The summed E-state index contributed by atoms with van der Waals surface area (Å²) in [4.78, 5) is 10.4. The van der Waals surface area contributed by atoms with Crippen LogP contribution in [0.3, 0.4) is 0 Å². The monoisotopic (exact) mass is 263 g/mol. The van der Waals surface area contributed by atoms with Crippen molar-refractivity contribution in [3.63, 3.8) is 0 Å². The zero-order chi connectivity index (χ0) is 13.7. The number of rotatable bonds is 5. The average molecular weight is 263 g/mol. The third-order valence-corrected chi connectivity index (χ3v) is 3.02. The van der Waals surface area contributed by atoms with Gasteiger partial charge in [0.15, 0.2) is 0 Å². The summed E-state index contributed by atoms with van der Waals surface area (Å²) in [6.07, 6.45) is 3.14. The first-order valence-corrected chi connectivity index (χ1v) is 6.15. The molecule has 2 rings (SSSR count). The highest BCUT2D eigenvalue weighted by atomic mass is 16.6. The molecule has 1 aliphatic heterocycles. The Bertz CT molecular complexity index is 500. The second-order valence-corrected chi connectivity index (χ2v) is 4.35. The molecule has 0 aromatic heterocycles. The molecule has 0 aliphatic carbocycles. The molecule has 1 aliphatic rings. The molecule has 6 nitrogen and oxygen atoms in total. The molecule has 0 fully saturated rings. The maximum Gasteiger partial charge on any atom is 0.275 e. The van der Waals surface area contributed by atoms with E-state index in [-0.39, 0.29) is 5.69 Å². The van der Waals surface area contributed by atoms with Crippen molar-refractivity contribution in [2.75, 3.05) is 32.1 Å². The normalized spacial score (nSPS) is 14.7. The lowest BCUT2D eigenvalue weighted by Gasteiger charge is -2.15. The van der Waals surface area contributed by atoms with Gasteiger partial charge in [0.25, 0.3) is 5.69 Å². The van der Waals surface area contributed by atoms with Crippen molar-refractivity contribution in [2.24, 2.45) is 0 Å². The molecule has 1 heterocycles. The Morgan fingerprint density at radius 1 is 1.47 bits per heavy atom. The number of benzene rings is 1. The number of non-ortho nitro benzene ring substituents is 1. The molecule has 0 atom stereocenters. The summed E-state index contributed by atoms with van der Waals surface area (Å²) in [5.74, 6) is 0.482. The topological polar surface area (TPSA) is 76.4 Å². The number of nitrogens with zero attached hydrogens (tertiary/aromatic N) is 1. The Kier molecular flexibility index (Phi) is 4.35. The zero-order valence-corrected chi connectivity index (χ0v) is 10.8. The minimum absolute atomic E-state index is 0.0288. The Morgan fingerprint density at radius 2 is 2.32 bits per heavy atom. The fourth-order valence-corrected chi connectivity index (χ4v) is 1.95. The molecule has 0 saturated carbocycles. The first-order chi connectivity index (χ1) is 9.19. The van der Waals surface area contributed by atoms with Crippen LogP contribution in [-0.2, 0) is 0 Å². The molecule has 6 heteroatoms. The van der Waals surface area contributed by atoms with Gasteiger partial charge in [-0.15, -0.1) is 0 Å². The third kappa shape index (κ3) is 3.69. The lowest BCUT2D eigenvalue weighted by molar-refractivity contribution is -0.384. The molecular formula is C13H17N3O3. The first-order valence-electron chi connectivity index (χ1n) is 6.15. The quantitative estimate of drug-likeness (QED) is 0.482. The highest BCUT2D eigenvalue weighted by Crippen LogP contribution is 2.26. The smallest absolute Gasteiger partial charge is 0.275 e. The first kappa shape index (κ1) is 13.4.